The number of aliphatic hydroxyl groups excluding tert-OH is 1. The van der Waals surface area contributed by atoms with Crippen molar-refractivity contribution >= 4 is 33.9 Å². The molecule has 0 amide bonds. The molecule has 4 heteroatoms. The summed E-state index contributed by atoms with van der Waals surface area (Å²) in [6, 6.07) is 19.8. The highest BCUT2D eigenvalue weighted by molar-refractivity contribution is 5.90. The standard InChI is InChI=1S/C27H25N3O/c1-4-18-9-6-7-11-22(18)21(5-2)19-13-14-24(28)23(15-19)17(3)27-29-25-12-8-10-20(16-31)26(25)30-27/h4-15,31H,1,3,16,28H2,2H3,(H,29,30)/b21-5-. The second-order valence-corrected chi connectivity index (χ2v) is 7.33. The van der Waals surface area contributed by atoms with Gasteiger partial charge in [0.2, 0.25) is 0 Å². The summed E-state index contributed by atoms with van der Waals surface area (Å²) in [5.41, 5.74) is 15.2. The summed E-state index contributed by atoms with van der Waals surface area (Å²) in [6.45, 7) is 10.2. The minimum absolute atomic E-state index is 0.0703. The van der Waals surface area contributed by atoms with Crippen molar-refractivity contribution in [2.75, 3.05) is 5.73 Å². The average Bonchev–Trinajstić information content (AvgIpc) is 3.25. The summed E-state index contributed by atoms with van der Waals surface area (Å²) in [4.78, 5) is 7.99. The Balaban J connectivity index is 1.79. The highest BCUT2D eigenvalue weighted by atomic mass is 16.3. The molecule has 0 atom stereocenters. The van der Waals surface area contributed by atoms with Crippen molar-refractivity contribution < 1.29 is 5.11 Å². The molecule has 0 spiro atoms. The Kier molecular flexibility index (Phi) is 5.56. The summed E-state index contributed by atoms with van der Waals surface area (Å²) in [5, 5.41) is 9.61. The number of H-pyrrole nitrogens is 1. The van der Waals surface area contributed by atoms with Gasteiger partial charge in [0.1, 0.15) is 5.82 Å². The fraction of sp³-hybridized carbons (Fsp3) is 0.0741. The van der Waals surface area contributed by atoms with Crippen molar-refractivity contribution in [1.29, 1.82) is 0 Å². The predicted octanol–water partition coefficient (Wildman–Crippen LogP) is 5.79. The number of nitrogens with one attached hydrogen (secondary N) is 1. The molecule has 0 unspecified atom stereocenters. The molecule has 0 aliphatic heterocycles. The molecule has 4 aromatic rings. The van der Waals surface area contributed by atoms with E-state index >= 15 is 0 Å². The number of imidazole rings is 1. The van der Waals surface area contributed by atoms with Crippen molar-refractivity contribution in [2.45, 2.75) is 13.5 Å². The average molecular weight is 408 g/mol. The first kappa shape index (κ1) is 20.4. The summed E-state index contributed by atoms with van der Waals surface area (Å²) >= 11 is 0. The molecule has 0 radical (unpaired) electrons. The van der Waals surface area contributed by atoms with E-state index < -0.39 is 0 Å². The molecular weight excluding hydrogens is 382 g/mol. The van der Waals surface area contributed by atoms with Crippen LogP contribution in [0.1, 0.15) is 40.6 Å². The number of hydrogen-bond donors (Lipinski definition) is 3. The van der Waals surface area contributed by atoms with E-state index in [-0.39, 0.29) is 6.61 Å². The fourth-order valence-electron chi connectivity index (χ4n) is 3.87. The Morgan fingerprint density at radius 3 is 2.65 bits per heavy atom. The third-order valence-electron chi connectivity index (χ3n) is 5.50. The van der Waals surface area contributed by atoms with Crippen LogP contribution in [0, 0.1) is 0 Å². The molecule has 0 saturated heterocycles. The van der Waals surface area contributed by atoms with Gasteiger partial charge in [0.15, 0.2) is 0 Å². The van der Waals surface area contributed by atoms with E-state index in [2.05, 4.69) is 41.3 Å². The van der Waals surface area contributed by atoms with Gasteiger partial charge in [-0.05, 0) is 47.4 Å². The first-order chi connectivity index (χ1) is 15.1. The molecule has 3 aromatic carbocycles. The van der Waals surface area contributed by atoms with Crippen LogP contribution in [0.15, 0.2) is 79.9 Å². The van der Waals surface area contributed by atoms with E-state index in [1.165, 1.54) is 0 Å². The van der Waals surface area contributed by atoms with Crippen molar-refractivity contribution in [3.63, 3.8) is 0 Å². The molecule has 4 N–H and O–H groups in total. The van der Waals surface area contributed by atoms with Crippen LogP contribution in [-0.2, 0) is 6.61 Å². The van der Waals surface area contributed by atoms with Gasteiger partial charge >= 0.3 is 0 Å². The lowest BCUT2D eigenvalue weighted by atomic mass is 9.91. The lowest BCUT2D eigenvalue weighted by Gasteiger charge is -2.14. The number of allylic oxidation sites excluding steroid dienone is 1. The number of fused-ring (bicyclic) bond motifs is 1. The van der Waals surface area contributed by atoms with Gasteiger partial charge in [-0.15, -0.1) is 0 Å². The Morgan fingerprint density at radius 2 is 1.90 bits per heavy atom. The summed E-state index contributed by atoms with van der Waals surface area (Å²) in [5.74, 6) is 0.633. The maximum Gasteiger partial charge on any atom is 0.138 e. The van der Waals surface area contributed by atoms with Crippen LogP contribution in [0.25, 0.3) is 28.3 Å². The number of para-hydroxylation sites is 1. The second kappa shape index (κ2) is 8.46. The number of anilines is 1. The van der Waals surface area contributed by atoms with Gasteiger partial charge in [0.25, 0.3) is 0 Å². The van der Waals surface area contributed by atoms with Crippen LogP contribution in [0.2, 0.25) is 0 Å². The van der Waals surface area contributed by atoms with Gasteiger partial charge in [0.05, 0.1) is 17.6 Å². The Labute approximate surface area is 182 Å². The SMILES string of the molecule is C=Cc1ccccc1/C(=C\C)c1ccc(N)c(C(=C)c2nc3c(CO)cccc3[nH]2)c1. The molecule has 0 bridgehead atoms. The van der Waals surface area contributed by atoms with E-state index in [4.69, 9.17) is 5.73 Å². The number of nitrogens with zero attached hydrogens (tertiary/aromatic N) is 1. The molecular formula is C27H25N3O. The molecule has 1 heterocycles. The van der Waals surface area contributed by atoms with Crippen LogP contribution in [0.3, 0.4) is 0 Å². The maximum absolute atomic E-state index is 9.61. The number of aromatic amines is 1. The highest BCUT2D eigenvalue weighted by Gasteiger charge is 2.15. The Morgan fingerprint density at radius 1 is 1.10 bits per heavy atom. The second-order valence-electron chi connectivity index (χ2n) is 7.33. The van der Waals surface area contributed by atoms with E-state index in [1.807, 2.05) is 61.5 Å². The number of nitrogens with two attached hydrogens (primary N) is 1. The zero-order chi connectivity index (χ0) is 22.0. The van der Waals surface area contributed by atoms with Gasteiger partial charge in [-0.25, -0.2) is 4.98 Å². The fourth-order valence-corrected chi connectivity index (χ4v) is 3.87. The van der Waals surface area contributed by atoms with Gasteiger partial charge in [-0.1, -0.05) is 67.8 Å². The molecule has 0 fully saturated rings. The smallest absolute Gasteiger partial charge is 0.138 e. The number of nitrogen functional groups attached to an aromatic ring is 1. The van der Waals surface area contributed by atoms with E-state index in [0.29, 0.717) is 17.1 Å². The molecule has 1 aromatic heterocycles. The van der Waals surface area contributed by atoms with Gasteiger partial charge in [-0.3, -0.25) is 0 Å². The number of hydrogen-bond acceptors (Lipinski definition) is 3. The minimum atomic E-state index is -0.0703. The Hall–Kier alpha value is -3.89. The largest absolute Gasteiger partial charge is 0.398 e. The quantitative estimate of drug-likeness (QED) is 0.354. The Bertz CT molecular complexity index is 1330. The summed E-state index contributed by atoms with van der Waals surface area (Å²) in [7, 11) is 0. The van der Waals surface area contributed by atoms with E-state index in [0.717, 1.165) is 44.4 Å². The normalized spacial score (nSPS) is 11.6. The highest BCUT2D eigenvalue weighted by Crippen LogP contribution is 2.33. The molecule has 0 aliphatic rings. The van der Waals surface area contributed by atoms with E-state index in [1.54, 1.807) is 0 Å². The van der Waals surface area contributed by atoms with Crippen molar-refractivity contribution in [1.82, 2.24) is 9.97 Å². The molecule has 0 aliphatic carbocycles. The lowest BCUT2D eigenvalue weighted by molar-refractivity contribution is 0.283. The number of benzene rings is 3. The van der Waals surface area contributed by atoms with Crippen molar-refractivity contribution in [3.05, 3.63) is 114 Å². The van der Waals surface area contributed by atoms with Gasteiger partial charge < -0.3 is 15.8 Å². The first-order valence-electron chi connectivity index (χ1n) is 10.1. The monoisotopic (exact) mass is 407 g/mol. The van der Waals surface area contributed by atoms with Crippen molar-refractivity contribution in [2.24, 2.45) is 0 Å². The zero-order valence-electron chi connectivity index (χ0n) is 17.5. The third kappa shape index (κ3) is 3.69. The number of aliphatic hydroxyl groups is 1. The summed E-state index contributed by atoms with van der Waals surface area (Å²) < 4.78 is 0. The van der Waals surface area contributed by atoms with Crippen molar-refractivity contribution in [3.8, 4) is 0 Å². The third-order valence-corrected chi connectivity index (χ3v) is 5.50. The molecule has 4 rings (SSSR count). The van der Waals surface area contributed by atoms with Crippen LogP contribution in [0.5, 0.6) is 0 Å². The molecule has 4 nitrogen and oxygen atoms in total. The molecule has 0 saturated carbocycles. The van der Waals surface area contributed by atoms with Crippen LogP contribution < -0.4 is 5.73 Å². The number of rotatable bonds is 6. The van der Waals surface area contributed by atoms with Crippen LogP contribution >= 0.6 is 0 Å². The maximum atomic E-state index is 9.61. The number of aromatic nitrogens is 2. The van der Waals surface area contributed by atoms with Gasteiger partial charge in [0, 0.05) is 22.4 Å². The molecule has 154 valence electrons. The molecule has 31 heavy (non-hydrogen) atoms. The van der Waals surface area contributed by atoms with Crippen LogP contribution in [-0.4, -0.2) is 15.1 Å². The lowest BCUT2D eigenvalue weighted by Crippen LogP contribution is -1.99. The minimum Gasteiger partial charge on any atom is -0.398 e. The van der Waals surface area contributed by atoms with Gasteiger partial charge in [-0.2, -0.15) is 0 Å². The van der Waals surface area contributed by atoms with Crippen LogP contribution in [0.4, 0.5) is 5.69 Å². The summed E-state index contributed by atoms with van der Waals surface area (Å²) in [6.07, 6.45) is 3.96. The first-order valence-corrected chi connectivity index (χ1v) is 10.1. The zero-order valence-corrected chi connectivity index (χ0v) is 17.5. The van der Waals surface area contributed by atoms with E-state index in [9.17, 15) is 5.11 Å². The predicted molar refractivity (Wildman–Crippen MR) is 130 cm³/mol. The topological polar surface area (TPSA) is 74.9 Å².